The number of hydrogen-bond donors (Lipinski definition) is 2. The van der Waals surface area contributed by atoms with Crippen molar-refractivity contribution in [3.63, 3.8) is 0 Å². The van der Waals surface area contributed by atoms with Gasteiger partial charge < -0.3 is 10.2 Å². The summed E-state index contributed by atoms with van der Waals surface area (Å²) in [5.41, 5.74) is 0. The number of aliphatic hydroxyl groups is 2. The topological polar surface area (TPSA) is 40.5 Å². The van der Waals surface area contributed by atoms with Gasteiger partial charge in [-0.15, -0.1) is 0 Å². The molecule has 0 aliphatic carbocycles. The van der Waals surface area contributed by atoms with Gasteiger partial charge in [-0.2, -0.15) is 0 Å². The van der Waals surface area contributed by atoms with Crippen molar-refractivity contribution in [2.24, 2.45) is 0 Å². The number of allylic oxidation sites excluding steroid dienone is 3. The zero-order valence-corrected chi connectivity index (χ0v) is 14.8. The summed E-state index contributed by atoms with van der Waals surface area (Å²) in [5, 5.41) is 19.8. The van der Waals surface area contributed by atoms with Crippen LogP contribution < -0.4 is 0 Å². The Kier molecular flexibility index (Phi) is 16.3. The van der Waals surface area contributed by atoms with Crippen molar-refractivity contribution in [2.45, 2.75) is 103 Å². The van der Waals surface area contributed by atoms with E-state index in [9.17, 15) is 10.2 Å². The Morgan fingerprint density at radius 2 is 1.36 bits per heavy atom. The number of rotatable bonds is 15. The Labute approximate surface area is 138 Å². The lowest BCUT2D eigenvalue weighted by molar-refractivity contribution is 0.0413. The highest BCUT2D eigenvalue weighted by Gasteiger charge is 2.11. The molecule has 0 bridgehead atoms. The highest BCUT2D eigenvalue weighted by Crippen LogP contribution is 2.11. The molecular weight excluding hydrogens is 272 g/mol. The summed E-state index contributed by atoms with van der Waals surface area (Å²) >= 11 is 0. The predicted molar refractivity (Wildman–Crippen MR) is 97.0 cm³/mol. The Hall–Kier alpha value is -0.600. The average Bonchev–Trinajstić information content (AvgIpc) is 2.52. The standard InChI is InChI=1S/C20H38O2/c1-3-5-7-9-11-13-15-17-19(21)20(22)18-16-14-12-10-8-6-4-2/h9,11,15,17,19-22H,3-8,10,12-14,16,18H2,1-2H3/b11-9-,17-15-/t19-,20-/m1/s1. The maximum atomic E-state index is 9.91. The van der Waals surface area contributed by atoms with Gasteiger partial charge in [0.15, 0.2) is 0 Å². The summed E-state index contributed by atoms with van der Waals surface area (Å²) in [6, 6.07) is 0. The zero-order valence-electron chi connectivity index (χ0n) is 14.8. The van der Waals surface area contributed by atoms with E-state index in [4.69, 9.17) is 0 Å². The van der Waals surface area contributed by atoms with Crippen molar-refractivity contribution in [1.29, 1.82) is 0 Å². The molecule has 0 radical (unpaired) electrons. The maximum absolute atomic E-state index is 9.91. The quantitative estimate of drug-likeness (QED) is 0.308. The first-order valence-electron chi connectivity index (χ1n) is 9.40. The first-order chi connectivity index (χ1) is 10.7. The molecular formula is C20H38O2. The van der Waals surface area contributed by atoms with Gasteiger partial charge in [0, 0.05) is 0 Å². The van der Waals surface area contributed by atoms with Crippen LogP contribution in [0.5, 0.6) is 0 Å². The Bertz CT molecular complexity index is 271. The van der Waals surface area contributed by atoms with Gasteiger partial charge >= 0.3 is 0 Å². The number of unbranched alkanes of at least 4 members (excludes halogenated alkanes) is 8. The van der Waals surface area contributed by atoms with Crippen molar-refractivity contribution in [2.75, 3.05) is 0 Å². The van der Waals surface area contributed by atoms with Crippen molar-refractivity contribution in [1.82, 2.24) is 0 Å². The van der Waals surface area contributed by atoms with Crippen LogP contribution in [0.15, 0.2) is 24.3 Å². The van der Waals surface area contributed by atoms with Crippen molar-refractivity contribution < 1.29 is 10.2 Å². The van der Waals surface area contributed by atoms with E-state index in [-0.39, 0.29) is 0 Å². The van der Waals surface area contributed by atoms with E-state index in [2.05, 4.69) is 26.0 Å². The fraction of sp³-hybridized carbons (Fsp3) is 0.800. The summed E-state index contributed by atoms with van der Waals surface area (Å²) in [4.78, 5) is 0. The lowest BCUT2D eigenvalue weighted by atomic mass is 10.0. The molecule has 0 rings (SSSR count). The summed E-state index contributed by atoms with van der Waals surface area (Å²) in [5.74, 6) is 0. The van der Waals surface area contributed by atoms with Crippen LogP contribution in [-0.4, -0.2) is 22.4 Å². The van der Waals surface area contributed by atoms with Gasteiger partial charge in [-0.05, 0) is 19.3 Å². The van der Waals surface area contributed by atoms with Gasteiger partial charge in [0.1, 0.15) is 0 Å². The van der Waals surface area contributed by atoms with E-state index in [1.54, 1.807) is 6.08 Å². The molecule has 0 aliphatic rings. The van der Waals surface area contributed by atoms with E-state index in [0.717, 1.165) is 25.7 Å². The molecule has 2 N–H and O–H groups in total. The summed E-state index contributed by atoms with van der Waals surface area (Å²) in [6.07, 6.45) is 20.5. The lowest BCUT2D eigenvalue weighted by Crippen LogP contribution is -2.23. The van der Waals surface area contributed by atoms with E-state index in [1.165, 1.54) is 44.9 Å². The van der Waals surface area contributed by atoms with Crippen LogP contribution in [0.1, 0.15) is 90.9 Å². The third-order valence-corrected chi connectivity index (χ3v) is 3.99. The van der Waals surface area contributed by atoms with Gasteiger partial charge in [-0.1, -0.05) is 95.9 Å². The Morgan fingerprint density at radius 1 is 0.727 bits per heavy atom. The monoisotopic (exact) mass is 310 g/mol. The molecule has 0 aromatic rings. The van der Waals surface area contributed by atoms with E-state index < -0.39 is 12.2 Å². The van der Waals surface area contributed by atoms with Crippen molar-refractivity contribution >= 4 is 0 Å². The van der Waals surface area contributed by atoms with Crippen molar-refractivity contribution in [3.05, 3.63) is 24.3 Å². The minimum absolute atomic E-state index is 0.615. The second kappa shape index (κ2) is 16.8. The van der Waals surface area contributed by atoms with Crippen LogP contribution in [-0.2, 0) is 0 Å². The molecule has 0 aromatic heterocycles. The van der Waals surface area contributed by atoms with Gasteiger partial charge in [0.2, 0.25) is 0 Å². The lowest BCUT2D eigenvalue weighted by Gasteiger charge is -2.14. The molecule has 130 valence electrons. The maximum Gasteiger partial charge on any atom is 0.0980 e. The summed E-state index contributed by atoms with van der Waals surface area (Å²) < 4.78 is 0. The third-order valence-electron chi connectivity index (χ3n) is 3.99. The number of hydrogen-bond acceptors (Lipinski definition) is 2. The van der Waals surface area contributed by atoms with Crippen LogP contribution in [0.25, 0.3) is 0 Å². The highest BCUT2D eigenvalue weighted by molar-refractivity contribution is 4.97. The van der Waals surface area contributed by atoms with E-state index in [1.807, 2.05) is 6.08 Å². The molecule has 22 heavy (non-hydrogen) atoms. The van der Waals surface area contributed by atoms with Crippen LogP contribution in [0.2, 0.25) is 0 Å². The SMILES string of the molecule is CCCC/C=C\C/C=C\[C@@H](O)[C@H](O)CCCCCCCCC. The first kappa shape index (κ1) is 21.4. The molecule has 0 aromatic carbocycles. The Balaban J connectivity index is 3.56. The molecule has 0 saturated carbocycles. The van der Waals surface area contributed by atoms with Gasteiger partial charge in [0.05, 0.1) is 12.2 Å². The normalized spacial score (nSPS) is 14.9. The zero-order chi connectivity index (χ0) is 16.5. The first-order valence-corrected chi connectivity index (χ1v) is 9.40. The molecule has 2 heteroatoms. The van der Waals surface area contributed by atoms with Gasteiger partial charge in [-0.25, -0.2) is 0 Å². The van der Waals surface area contributed by atoms with E-state index >= 15 is 0 Å². The molecule has 0 saturated heterocycles. The molecule has 0 aliphatic heterocycles. The molecule has 2 nitrogen and oxygen atoms in total. The van der Waals surface area contributed by atoms with Gasteiger partial charge in [0.25, 0.3) is 0 Å². The number of aliphatic hydroxyl groups excluding tert-OH is 2. The smallest absolute Gasteiger partial charge is 0.0980 e. The van der Waals surface area contributed by atoms with E-state index in [0.29, 0.717) is 6.42 Å². The third kappa shape index (κ3) is 14.3. The fourth-order valence-corrected chi connectivity index (χ4v) is 2.44. The van der Waals surface area contributed by atoms with Gasteiger partial charge in [-0.3, -0.25) is 0 Å². The summed E-state index contributed by atoms with van der Waals surface area (Å²) in [6.45, 7) is 4.42. The molecule has 0 amide bonds. The molecule has 0 unspecified atom stereocenters. The minimum atomic E-state index is -0.718. The van der Waals surface area contributed by atoms with Crippen LogP contribution in [0.4, 0.5) is 0 Å². The molecule has 0 heterocycles. The van der Waals surface area contributed by atoms with Crippen LogP contribution >= 0.6 is 0 Å². The minimum Gasteiger partial charge on any atom is -0.390 e. The fourth-order valence-electron chi connectivity index (χ4n) is 2.44. The largest absolute Gasteiger partial charge is 0.390 e. The Morgan fingerprint density at radius 3 is 2.05 bits per heavy atom. The molecule has 0 fully saturated rings. The van der Waals surface area contributed by atoms with Crippen molar-refractivity contribution in [3.8, 4) is 0 Å². The van der Waals surface area contributed by atoms with Crippen LogP contribution in [0, 0.1) is 0 Å². The molecule has 2 atom stereocenters. The predicted octanol–water partition coefficient (Wildman–Crippen LogP) is 5.54. The average molecular weight is 311 g/mol. The second-order valence-electron chi connectivity index (χ2n) is 6.25. The highest BCUT2D eigenvalue weighted by atomic mass is 16.3. The summed E-state index contributed by atoms with van der Waals surface area (Å²) in [7, 11) is 0. The second-order valence-corrected chi connectivity index (χ2v) is 6.25. The molecule has 0 spiro atoms. The van der Waals surface area contributed by atoms with Crippen LogP contribution in [0.3, 0.4) is 0 Å².